The van der Waals surface area contributed by atoms with Crippen LogP contribution in [0.3, 0.4) is 0 Å². The van der Waals surface area contributed by atoms with Crippen molar-refractivity contribution in [2.45, 2.75) is 26.2 Å². The molecule has 6 heteroatoms. The summed E-state index contributed by atoms with van der Waals surface area (Å²) in [5.41, 5.74) is 3.08. The molecule has 0 aliphatic carbocycles. The second-order valence-corrected chi connectivity index (χ2v) is 7.15. The number of fused-ring (bicyclic) bond motifs is 1. The van der Waals surface area contributed by atoms with E-state index in [1.165, 1.54) is 0 Å². The average Bonchev–Trinajstić information content (AvgIpc) is 3.14. The van der Waals surface area contributed by atoms with E-state index in [1.807, 2.05) is 42.2 Å². The van der Waals surface area contributed by atoms with Gasteiger partial charge in [-0.2, -0.15) is 5.10 Å². The first kappa shape index (κ1) is 17.5. The zero-order valence-corrected chi connectivity index (χ0v) is 15.5. The highest BCUT2D eigenvalue weighted by Crippen LogP contribution is 2.24. The summed E-state index contributed by atoms with van der Waals surface area (Å²) >= 11 is 6.07. The van der Waals surface area contributed by atoms with Crippen LogP contribution in [0, 0.1) is 5.92 Å². The van der Waals surface area contributed by atoms with Crippen LogP contribution in [-0.2, 0) is 18.3 Å². The zero-order chi connectivity index (χ0) is 18.0. The van der Waals surface area contributed by atoms with E-state index in [1.54, 1.807) is 6.20 Å². The number of nitrogens with one attached hydrogen (secondary N) is 2. The van der Waals surface area contributed by atoms with E-state index < -0.39 is 0 Å². The van der Waals surface area contributed by atoms with Crippen LogP contribution < -0.4 is 5.32 Å². The molecule has 5 nitrogen and oxygen atoms in total. The lowest BCUT2D eigenvalue weighted by Crippen LogP contribution is -2.32. The molecule has 25 heavy (non-hydrogen) atoms. The van der Waals surface area contributed by atoms with Gasteiger partial charge in [-0.05, 0) is 35.7 Å². The van der Waals surface area contributed by atoms with Gasteiger partial charge in [-0.3, -0.25) is 9.48 Å². The Morgan fingerprint density at radius 2 is 2.16 bits per heavy atom. The van der Waals surface area contributed by atoms with Crippen LogP contribution in [0.1, 0.15) is 31.0 Å². The lowest BCUT2D eigenvalue weighted by Gasteiger charge is -2.21. The smallest absolute Gasteiger partial charge is 0.224 e. The predicted molar refractivity (Wildman–Crippen MR) is 101 cm³/mol. The van der Waals surface area contributed by atoms with Gasteiger partial charge in [0.25, 0.3) is 0 Å². The van der Waals surface area contributed by atoms with Gasteiger partial charge in [0.1, 0.15) is 0 Å². The Hall–Kier alpha value is -2.27. The number of halogens is 1. The molecule has 0 saturated heterocycles. The molecule has 2 aromatic heterocycles. The number of amides is 1. The van der Waals surface area contributed by atoms with E-state index in [-0.39, 0.29) is 11.8 Å². The third kappa shape index (κ3) is 3.87. The summed E-state index contributed by atoms with van der Waals surface area (Å²) in [7, 11) is 1.93. The fraction of sp³-hybridized carbons (Fsp3) is 0.368. The molecule has 1 atom stereocenters. The SMILES string of the molecule is CC(C)[C@H](CNC(=O)Cc1c[nH]c2ccc(Cl)cc12)c1ccnn1C. The van der Waals surface area contributed by atoms with Gasteiger partial charge >= 0.3 is 0 Å². The molecule has 0 unspecified atom stereocenters. The van der Waals surface area contributed by atoms with Gasteiger partial charge in [0, 0.05) is 53.5 Å². The lowest BCUT2D eigenvalue weighted by atomic mass is 9.92. The van der Waals surface area contributed by atoms with Crippen molar-refractivity contribution >= 4 is 28.4 Å². The van der Waals surface area contributed by atoms with E-state index in [9.17, 15) is 4.79 Å². The van der Waals surface area contributed by atoms with Gasteiger partial charge in [0.05, 0.1) is 6.42 Å². The quantitative estimate of drug-likeness (QED) is 0.706. The second-order valence-electron chi connectivity index (χ2n) is 6.71. The topological polar surface area (TPSA) is 62.7 Å². The molecule has 3 aromatic rings. The van der Waals surface area contributed by atoms with Crippen molar-refractivity contribution in [1.29, 1.82) is 0 Å². The molecule has 3 rings (SSSR count). The van der Waals surface area contributed by atoms with E-state index in [4.69, 9.17) is 11.6 Å². The zero-order valence-electron chi connectivity index (χ0n) is 14.7. The third-order valence-electron chi connectivity index (χ3n) is 4.64. The normalized spacial score (nSPS) is 12.7. The summed E-state index contributed by atoms with van der Waals surface area (Å²) in [6.45, 7) is 4.91. The number of benzene rings is 1. The van der Waals surface area contributed by atoms with Crippen LogP contribution in [0.2, 0.25) is 5.02 Å². The monoisotopic (exact) mass is 358 g/mol. The van der Waals surface area contributed by atoms with Crippen LogP contribution in [-0.4, -0.2) is 27.2 Å². The molecule has 132 valence electrons. The van der Waals surface area contributed by atoms with Gasteiger partial charge in [-0.25, -0.2) is 0 Å². The molecule has 0 spiro atoms. The Morgan fingerprint density at radius 1 is 1.36 bits per heavy atom. The van der Waals surface area contributed by atoms with Gasteiger partial charge < -0.3 is 10.3 Å². The second kappa shape index (κ2) is 7.31. The first-order chi connectivity index (χ1) is 12.0. The number of aryl methyl sites for hydroxylation is 1. The Labute approximate surface area is 152 Å². The van der Waals surface area contributed by atoms with Crippen molar-refractivity contribution in [3.63, 3.8) is 0 Å². The highest BCUT2D eigenvalue weighted by Gasteiger charge is 2.20. The summed E-state index contributed by atoms with van der Waals surface area (Å²) in [5, 5.41) is 8.97. The number of aromatic amines is 1. The summed E-state index contributed by atoms with van der Waals surface area (Å²) in [4.78, 5) is 15.6. The molecule has 2 heterocycles. The molecule has 0 bridgehead atoms. The molecular weight excluding hydrogens is 336 g/mol. The number of nitrogens with zero attached hydrogens (tertiary/aromatic N) is 2. The van der Waals surface area contributed by atoms with Crippen molar-refractivity contribution in [1.82, 2.24) is 20.1 Å². The van der Waals surface area contributed by atoms with Gasteiger partial charge in [-0.15, -0.1) is 0 Å². The molecule has 1 amide bonds. The van der Waals surface area contributed by atoms with Crippen LogP contribution >= 0.6 is 11.6 Å². The van der Waals surface area contributed by atoms with Crippen molar-refractivity contribution in [3.05, 3.63) is 52.9 Å². The first-order valence-electron chi connectivity index (χ1n) is 8.46. The summed E-state index contributed by atoms with van der Waals surface area (Å²) in [6.07, 6.45) is 4.00. The van der Waals surface area contributed by atoms with Gasteiger partial charge in [-0.1, -0.05) is 25.4 Å². The Kier molecular flexibility index (Phi) is 5.13. The largest absolute Gasteiger partial charge is 0.361 e. The average molecular weight is 359 g/mol. The van der Waals surface area contributed by atoms with Crippen LogP contribution in [0.15, 0.2) is 36.7 Å². The van der Waals surface area contributed by atoms with Crippen LogP contribution in [0.5, 0.6) is 0 Å². The van der Waals surface area contributed by atoms with Crippen molar-refractivity contribution in [2.75, 3.05) is 6.54 Å². The molecule has 0 aliphatic heterocycles. The van der Waals surface area contributed by atoms with Gasteiger partial charge in [0.2, 0.25) is 5.91 Å². The summed E-state index contributed by atoms with van der Waals surface area (Å²) < 4.78 is 1.87. The number of carbonyl (C=O) groups excluding carboxylic acids is 1. The molecule has 0 saturated carbocycles. The predicted octanol–water partition coefficient (Wildman–Crippen LogP) is 3.65. The standard InChI is InChI=1S/C19H23ClN4O/c1-12(2)16(18-6-7-23-24(18)3)11-22-19(25)8-13-10-21-17-5-4-14(20)9-15(13)17/h4-7,9-10,12,16,21H,8,11H2,1-3H3,(H,22,25)/t16-/m0/s1. The molecular formula is C19H23ClN4O. The molecule has 2 N–H and O–H groups in total. The molecule has 0 fully saturated rings. The molecule has 0 aliphatic rings. The fourth-order valence-electron chi connectivity index (χ4n) is 3.19. The summed E-state index contributed by atoms with van der Waals surface area (Å²) in [5.74, 6) is 0.644. The highest BCUT2D eigenvalue weighted by molar-refractivity contribution is 6.31. The van der Waals surface area contributed by atoms with Crippen molar-refractivity contribution in [3.8, 4) is 0 Å². The molecule has 1 aromatic carbocycles. The van der Waals surface area contributed by atoms with Crippen LogP contribution in [0.25, 0.3) is 10.9 Å². The third-order valence-corrected chi connectivity index (χ3v) is 4.88. The Balaban J connectivity index is 1.67. The van der Waals surface area contributed by atoms with Crippen molar-refractivity contribution in [2.24, 2.45) is 13.0 Å². The number of H-pyrrole nitrogens is 1. The van der Waals surface area contributed by atoms with Crippen LogP contribution in [0.4, 0.5) is 0 Å². The van der Waals surface area contributed by atoms with E-state index >= 15 is 0 Å². The van der Waals surface area contributed by atoms with E-state index in [0.717, 1.165) is 22.2 Å². The maximum absolute atomic E-state index is 12.4. The number of carbonyl (C=O) groups is 1. The van der Waals surface area contributed by atoms with Gasteiger partial charge in [0.15, 0.2) is 0 Å². The minimum absolute atomic E-state index is 0.00805. The van der Waals surface area contributed by atoms with E-state index in [0.29, 0.717) is 23.9 Å². The number of hydrogen-bond acceptors (Lipinski definition) is 2. The van der Waals surface area contributed by atoms with E-state index in [2.05, 4.69) is 29.2 Å². The lowest BCUT2D eigenvalue weighted by molar-refractivity contribution is -0.120. The Morgan fingerprint density at radius 3 is 2.84 bits per heavy atom. The number of rotatable bonds is 6. The van der Waals surface area contributed by atoms with Crippen molar-refractivity contribution < 1.29 is 4.79 Å². The highest BCUT2D eigenvalue weighted by atomic mass is 35.5. The minimum atomic E-state index is 0.00805. The fourth-order valence-corrected chi connectivity index (χ4v) is 3.36. The first-order valence-corrected chi connectivity index (χ1v) is 8.83. The summed E-state index contributed by atoms with van der Waals surface area (Å²) in [6, 6.07) is 7.67. The maximum Gasteiger partial charge on any atom is 0.224 e. The minimum Gasteiger partial charge on any atom is -0.361 e. The number of hydrogen-bond donors (Lipinski definition) is 2. The Bertz CT molecular complexity index is 881. The maximum atomic E-state index is 12.4. The molecule has 0 radical (unpaired) electrons. The number of aromatic nitrogens is 3.